The van der Waals surface area contributed by atoms with Gasteiger partial charge >= 0.3 is 0 Å². The van der Waals surface area contributed by atoms with Gasteiger partial charge in [-0.3, -0.25) is 0 Å². The Kier molecular flexibility index (Phi) is 8.14. The molecule has 0 bridgehead atoms. The molecule has 86 valence electrons. The minimum Gasteiger partial charge on any atom is -0.390 e. The van der Waals surface area contributed by atoms with Gasteiger partial charge in [-0.25, -0.2) is 0 Å². The van der Waals surface area contributed by atoms with Gasteiger partial charge in [0, 0.05) is 13.7 Å². The molecule has 0 fully saturated rings. The predicted molar refractivity (Wildman–Crippen MR) is 59.5 cm³/mol. The van der Waals surface area contributed by atoms with Crippen LogP contribution in [0.4, 0.5) is 0 Å². The number of methoxy groups -OCH3 is 1. The van der Waals surface area contributed by atoms with Crippen molar-refractivity contribution in [2.75, 3.05) is 26.8 Å². The molecule has 0 saturated carbocycles. The molecule has 0 heterocycles. The lowest BCUT2D eigenvalue weighted by molar-refractivity contribution is 0.0396. The Bertz CT molecular complexity index is 126. The molecule has 0 radical (unpaired) electrons. The van der Waals surface area contributed by atoms with E-state index in [1.807, 2.05) is 6.92 Å². The van der Waals surface area contributed by atoms with E-state index in [-0.39, 0.29) is 0 Å². The van der Waals surface area contributed by atoms with E-state index in [0.29, 0.717) is 0 Å². The average Bonchev–Trinajstić information content (AvgIpc) is 2.15. The molecule has 14 heavy (non-hydrogen) atoms. The number of unbranched alkanes of at least 4 members (excludes halogenated alkanes) is 1. The van der Waals surface area contributed by atoms with Crippen LogP contribution in [0.2, 0.25) is 0 Å². The van der Waals surface area contributed by atoms with Gasteiger partial charge in [0.1, 0.15) is 0 Å². The summed E-state index contributed by atoms with van der Waals surface area (Å²) in [4.78, 5) is 0. The molecule has 0 aromatic rings. The lowest BCUT2D eigenvalue weighted by Gasteiger charge is -2.23. The first-order chi connectivity index (χ1) is 6.62. The highest BCUT2D eigenvalue weighted by Gasteiger charge is 2.18. The highest BCUT2D eigenvalue weighted by atomic mass is 16.5. The molecule has 0 rings (SSSR count). The molecule has 1 atom stereocenters. The van der Waals surface area contributed by atoms with Gasteiger partial charge in [0.05, 0.1) is 12.2 Å². The van der Waals surface area contributed by atoms with E-state index >= 15 is 0 Å². The van der Waals surface area contributed by atoms with Gasteiger partial charge in [-0.1, -0.05) is 19.8 Å². The Morgan fingerprint density at radius 3 is 2.57 bits per heavy atom. The van der Waals surface area contributed by atoms with Crippen LogP contribution in [0.5, 0.6) is 0 Å². The summed E-state index contributed by atoms with van der Waals surface area (Å²) in [5, 5.41) is 13.2. The van der Waals surface area contributed by atoms with Crippen molar-refractivity contribution in [2.24, 2.45) is 0 Å². The van der Waals surface area contributed by atoms with Crippen LogP contribution in [0.3, 0.4) is 0 Å². The lowest BCUT2D eigenvalue weighted by atomic mass is 9.95. The maximum Gasteiger partial charge on any atom is 0.0631 e. The van der Waals surface area contributed by atoms with E-state index in [2.05, 4.69) is 12.2 Å². The van der Waals surface area contributed by atoms with Crippen LogP contribution in [0.25, 0.3) is 0 Å². The maximum atomic E-state index is 9.93. The zero-order chi connectivity index (χ0) is 10.9. The molecule has 0 amide bonds. The largest absolute Gasteiger partial charge is 0.390 e. The Labute approximate surface area is 87.8 Å². The summed E-state index contributed by atoms with van der Waals surface area (Å²) in [6.07, 6.45) is 3.96. The lowest BCUT2D eigenvalue weighted by Crippen LogP contribution is -2.31. The second kappa shape index (κ2) is 8.21. The number of ether oxygens (including phenoxy) is 1. The fourth-order valence-electron chi connectivity index (χ4n) is 1.34. The summed E-state index contributed by atoms with van der Waals surface area (Å²) in [6.45, 7) is 6.52. The van der Waals surface area contributed by atoms with Gasteiger partial charge in [0.2, 0.25) is 0 Å². The third-order valence-corrected chi connectivity index (χ3v) is 2.39. The Balaban J connectivity index is 3.35. The second-order valence-electron chi connectivity index (χ2n) is 4.09. The molecule has 1 unspecified atom stereocenters. The Hall–Kier alpha value is -0.120. The predicted octanol–water partition coefficient (Wildman–Crippen LogP) is 1.55. The van der Waals surface area contributed by atoms with Crippen molar-refractivity contribution < 1.29 is 9.84 Å². The van der Waals surface area contributed by atoms with Gasteiger partial charge in [-0.05, 0) is 26.3 Å². The summed E-state index contributed by atoms with van der Waals surface area (Å²) in [6, 6.07) is 0. The van der Waals surface area contributed by atoms with Gasteiger partial charge in [0.25, 0.3) is 0 Å². The SMILES string of the molecule is CCCCC(C)(O)CCNCCOC. The summed E-state index contributed by atoms with van der Waals surface area (Å²) >= 11 is 0. The Morgan fingerprint density at radius 2 is 2.00 bits per heavy atom. The fraction of sp³-hybridized carbons (Fsp3) is 1.00. The standard InChI is InChI=1S/C11H25NO2/c1-4-5-6-11(2,13)7-8-12-9-10-14-3/h12-13H,4-10H2,1-3H3. The van der Waals surface area contributed by atoms with E-state index in [0.717, 1.165) is 45.4 Å². The number of rotatable bonds is 9. The first-order valence-electron chi connectivity index (χ1n) is 5.54. The van der Waals surface area contributed by atoms with E-state index in [4.69, 9.17) is 4.74 Å². The van der Waals surface area contributed by atoms with Crippen LogP contribution in [-0.2, 0) is 4.74 Å². The van der Waals surface area contributed by atoms with Crippen LogP contribution in [0.15, 0.2) is 0 Å². The van der Waals surface area contributed by atoms with Gasteiger partial charge in [-0.2, -0.15) is 0 Å². The highest BCUT2D eigenvalue weighted by Crippen LogP contribution is 2.16. The molecular weight excluding hydrogens is 178 g/mol. The smallest absolute Gasteiger partial charge is 0.0631 e. The van der Waals surface area contributed by atoms with Crippen LogP contribution in [0.1, 0.15) is 39.5 Å². The molecular formula is C11H25NO2. The third-order valence-electron chi connectivity index (χ3n) is 2.39. The highest BCUT2D eigenvalue weighted by molar-refractivity contribution is 4.73. The monoisotopic (exact) mass is 203 g/mol. The Morgan fingerprint density at radius 1 is 1.29 bits per heavy atom. The topological polar surface area (TPSA) is 41.5 Å². The summed E-state index contributed by atoms with van der Waals surface area (Å²) in [5.41, 5.74) is -0.504. The van der Waals surface area contributed by atoms with Gasteiger partial charge in [0.15, 0.2) is 0 Å². The molecule has 0 aliphatic rings. The fourth-order valence-corrected chi connectivity index (χ4v) is 1.34. The quantitative estimate of drug-likeness (QED) is 0.559. The zero-order valence-electron chi connectivity index (χ0n) is 9.81. The normalized spacial score (nSPS) is 15.4. The van der Waals surface area contributed by atoms with Gasteiger partial charge < -0.3 is 15.2 Å². The molecule has 0 spiro atoms. The van der Waals surface area contributed by atoms with E-state index in [1.54, 1.807) is 7.11 Å². The van der Waals surface area contributed by atoms with Crippen molar-refractivity contribution in [3.63, 3.8) is 0 Å². The van der Waals surface area contributed by atoms with Gasteiger partial charge in [-0.15, -0.1) is 0 Å². The van der Waals surface area contributed by atoms with Crippen LogP contribution < -0.4 is 5.32 Å². The van der Waals surface area contributed by atoms with E-state index in [9.17, 15) is 5.11 Å². The van der Waals surface area contributed by atoms with Crippen LogP contribution in [0, 0.1) is 0 Å². The second-order valence-corrected chi connectivity index (χ2v) is 4.09. The molecule has 3 nitrogen and oxygen atoms in total. The first kappa shape index (κ1) is 13.9. The third kappa shape index (κ3) is 8.48. The summed E-state index contributed by atoms with van der Waals surface area (Å²) in [5.74, 6) is 0. The average molecular weight is 203 g/mol. The number of hydrogen-bond donors (Lipinski definition) is 2. The van der Waals surface area contributed by atoms with E-state index < -0.39 is 5.60 Å². The van der Waals surface area contributed by atoms with Crippen LogP contribution >= 0.6 is 0 Å². The molecule has 0 saturated heterocycles. The van der Waals surface area contributed by atoms with Crippen molar-refractivity contribution in [1.82, 2.24) is 5.32 Å². The minimum absolute atomic E-state index is 0.504. The van der Waals surface area contributed by atoms with Crippen molar-refractivity contribution in [3.8, 4) is 0 Å². The van der Waals surface area contributed by atoms with Crippen molar-refractivity contribution in [3.05, 3.63) is 0 Å². The van der Waals surface area contributed by atoms with Crippen LogP contribution in [-0.4, -0.2) is 37.5 Å². The first-order valence-corrected chi connectivity index (χ1v) is 5.54. The molecule has 0 aromatic heterocycles. The molecule has 0 aliphatic carbocycles. The molecule has 0 aliphatic heterocycles. The zero-order valence-corrected chi connectivity index (χ0v) is 9.81. The number of aliphatic hydroxyl groups is 1. The number of nitrogens with one attached hydrogen (secondary N) is 1. The summed E-state index contributed by atoms with van der Waals surface area (Å²) in [7, 11) is 1.69. The number of hydrogen-bond acceptors (Lipinski definition) is 3. The minimum atomic E-state index is -0.504. The van der Waals surface area contributed by atoms with Crippen molar-refractivity contribution in [2.45, 2.75) is 45.1 Å². The molecule has 0 aromatic carbocycles. The maximum absolute atomic E-state index is 9.93. The van der Waals surface area contributed by atoms with Crippen molar-refractivity contribution in [1.29, 1.82) is 0 Å². The molecule has 2 N–H and O–H groups in total. The van der Waals surface area contributed by atoms with Crippen molar-refractivity contribution >= 4 is 0 Å². The van der Waals surface area contributed by atoms with E-state index in [1.165, 1.54) is 0 Å². The molecule has 3 heteroatoms. The summed E-state index contributed by atoms with van der Waals surface area (Å²) < 4.78 is 4.91.